The molecule has 0 amide bonds. The number of rotatable bonds is 8. The Balaban J connectivity index is 1.33. The van der Waals surface area contributed by atoms with Crippen LogP contribution in [0.15, 0.2) is 59.9 Å². The highest BCUT2D eigenvalue weighted by Gasteiger charge is 2.11. The highest BCUT2D eigenvalue weighted by molar-refractivity contribution is 5.79. The Hall–Kier alpha value is -3.28. The lowest BCUT2D eigenvalue weighted by molar-refractivity contribution is 0.357. The van der Waals surface area contributed by atoms with Crippen molar-refractivity contribution in [3.8, 4) is 5.75 Å². The second-order valence-electron chi connectivity index (χ2n) is 7.83. The molecule has 2 aromatic carbocycles. The van der Waals surface area contributed by atoms with Gasteiger partial charge in [-0.2, -0.15) is 0 Å². The van der Waals surface area contributed by atoms with Crippen LogP contribution in [0.1, 0.15) is 35.0 Å². The van der Waals surface area contributed by atoms with Gasteiger partial charge < -0.3 is 19.9 Å². The minimum absolute atomic E-state index is 0.641. The maximum atomic E-state index is 5.60. The molecule has 0 spiro atoms. The van der Waals surface area contributed by atoms with Gasteiger partial charge >= 0.3 is 0 Å². The maximum Gasteiger partial charge on any atom is 0.191 e. The van der Waals surface area contributed by atoms with E-state index in [-0.39, 0.29) is 0 Å². The van der Waals surface area contributed by atoms with E-state index in [9.17, 15) is 0 Å². The van der Waals surface area contributed by atoms with Crippen LogP contribution in [0.2, 0.25) is 0 Å². The molecule has 0 atom stereocenters. The molecule has 0 bridgehead atoms. The van der Waals surface area contributed by atoms with Crippen LogP contribution in [0.3, 0.4) is 0 Å². The number of benzene rings is 2. The largest absolute Gasteiger partial charge is 0.493 e. The molecule has 31 heavy (non-hydrogen) atoms. The first-order valence-electron chi connectivity index (χ1n) is 11.0. The van der Waals surface area contributed by atoms with Crippen molar-refractivity contribution in [3.05, 3.63) is 82.9 Å². The average molecular weight is 418 g/mol. The molecule has 6 nitrogen and oxygen atoms in total. The highest BCUT2D eigenvalue weighted by atomic mass is 16.5. The molecule has 0 saturated heterocycles. The Kier molecular flexibility index (Phi) is 6.87. The van der Waals surface area contributed by atoms with Gasteiger partial charge in [0.15, 0.2) is 5.96 Å². The third kappa shape index (κ3) is 5.66. The first kappa shape index (κ1) is 21.0. The minimum atomic E-state index is 0.641. The van der Waals surface area contributed by atoms with Gasteiger partial charge in [0.25, 0.3) is 0 Å². The van der Waals surface area contributed by atoms with Gasteiger partial charge in [0.1, 0.15) is 11.6 Å². The van der Waals surface area contributed by atoms with Gasteiger partial charge in [-0.15, -0.1) is 0 Å². The number of imidazole rings is 1. The van der Waals surface area contributed by atoms with Crippen LogP contribution in [0.25, 0.3) is 0 Å². The summed E-state index contributed by atoms with van der Waals surface area (Å²) in [6.07, 6.45) is 5.83. The second-order valence-corrected chi connectivity index (χ2v) is 7.83. The molecule has 162 valence electrons. The topological polar surface area (TPSA) is 63.5 Å². The van der Waals surface area contributed by atoms with Crippen molar-refractivity contribution in [2.45, 2.75) is 39.8 Å². The Morgan fingerprint density at radius 2 is 2.03 bits per heavy atom. The Morgan fingerprint density at radius 3 is 2.87 bits per heavy atom. The fourth-order valence-electron chi connectivity index (χ4n) is 3.83. The van der Waals surface area contributed by atoms with Crippen LogP contribution in [0.4, 0.5) is 0 Å². The summed E-state index contributed by atoms with van der Waals surface area (Å²) in [5.41, 5.74) is 5.11. The van der Waals surface area contributed by atoms with E-state index in [0.29, 0.717) is 6.54 Å². The number of guanidine groups is 1. The summed E-state index contributed by atoms with van der Waals surface area (Å²) in [6.45, 7) is 8.06. The first-order chi connectivity index (χ1) is 15.2. The molecule has 2 heterocycles. The summed E-state index contributed by atoms with van der Waals surface area (Å²) in [5, 5.41) is 6.81. The molecule has 4 rings (SSSR count). The van der Waals surface area contributed by atoms with Crippen LogP contribution in [-0.2, 0) is 25.9 Å². The number of aryl methyl sites for hydroxylation is 1. The maximum absolute atomic E-state index is 5.60. The lowest BCUT2D eigenvalue weighted by Crippen LogP contribution is -2.38. The number of hydrogen-bond acceptors (Lipinski definition) is 3. The molecule has 1 aliphatic rings. The summed E-state index contributed by atoms with van der Waals surface area (Å²) in [6, 6.07) is 15.1. The van der Waals surface area contributed by atoms with Crippen molar-refractivity contribution in [1.29, 1.82) is 0 Å². The van der Waals surface area contributed by atoms with E-state index in [1.165, 1.54) is 22.3 Å². The zero-order chi connectivity index (χ0) is 21.5. The quantitative estimate of drug-likeness (QED) is 0.435. The predicted octanol–water partition coefficient (Wildman–Crippen LogP) is 3.47. The van der Waals surface area contributed by atoms with Gasteiger partial charge in [0.2, 0.25) is 0 Å². The summed E-state index contributed by atoms with van der Waals surface area (Å²) in [4.78, 5) is 9.08. The third-order valence-electron chi connectivity index (χ3n) is 5.49. The summed E-state index contributed by atoms with van der Waals surface area (Å²) in [7, 11) is 0. The zero-order valence-corrected chi connectivity index (χ0v) is 18.4. The Labute approximate surface area is 184 Å². The number of fused-ring (bicyclic) bond motifs is 1. The van der Waals surface area contributed by atoms with Crippen molar-refractivity contribution >= 4 is 5.96 Å². The Bertz CT molecular complexity index is 1040. The van der Waals surface area contributed by atoms with E-state index in [4.69, 9.17) is 9.73 Å². The number of aliphatic imine (C=N–C) groups is 1. The van der Waals surface area contributed by atoms with Crippen molar-refractivity contribution < 1.29 is 4.74 Å². The number of nitrogens with one attached hydrogen (secondary N) is 2. The smallest absolute Gasteiger partial charge is 0.191 e. The Morgan fingerprint density at radius 1 is 1.13 bits per heavy atom. The van der Waals surface area contributed by atoms with Crippen LogP contribution in [0.5, 0.6) is 5.75 Å². The summed E-state index contributed by atoms with van der Waals surface area (Å²) < 4.78 is 7.75. The number of hydrogen-bond donors (Lipinski definition) is 2. The van der Waals surface area contributed by atoms with Crippen molar-refractivity contribution in [1.82, 2.24) is 20.2 Å². The van der Waals surface area contributed by atoms with E-state index in [1.54, 1.807) is 0 Å². The zero-order valence-electron chi connectivity index (χ0n) is 18.4. The van der Waals surface area contributed by atoms with E-state index in [0.717, 1.165) is 56.6 Å². The standard InChI is InChI=1S/C25H31N5O/c1-3-26-25(28-11-9-20-7-8-24-23(16-20)10-14-31-24)29-17-21-5-4-6-22(15-21)18-30-13-12-27-19(30)2/h4-8,12-13,15-16H,3,9-11,14,17-18H2,1-2H3,(H2,26,28,29). The average Bonchev–Trinajstić information content (AvgIpc) is 3.41. The highest BCUT2D eigenvalue weighted by Crippen LogP contribution is 2.25. The molecular formula is C25H31N5O. The van der Waals surface area contributed by atoms with Gasteiger partial charge in [0.05, 0.1) is 13.2 Å². The molecule has 0 radical (unpaired) electrons. The van der Waals surface area contributed by atoms with Gasteiger partial charge in [-0.3, -0.25) is 0 Å². The molecule has 0 unspecified atom stereocenters. The van der Waals surface area contributed by atoms with E-state index in [2.05, 4.69) is 69.6 Å². The number of nitrogens with zero attached hydrogens (tertiary/aromatic N) is 3. The molecule has 1 aromatic heterocycles. The van der Waals surface area contributed by atoms with E-state index in [1.807, 2.05) is 19.3 Å². The SMILES string of the molecule is CCNC(=NCc1cccc(Cn2ccnc2C)c1)NCCc1ccc2c(c1)CCO2. The van der Waals surface area contributed by atoms with Crippen molar-refractivity contribution in [2.75, 3.05) is 19.7 Å². The van der Waals surface area contributed by atoms with Crippen molar-refractivity contribution in [2.24, 2.45) is 4.99 Å². The molecule has 0 aliphatic carbocycles. The fourth-order valence-corrected chi connectivity index (χ4v) is 3.83. The van der Waals surface area contributed by atoms with Gasteiger partial charge in [-0.1, -0.05) is 36.4 Å². The lowest BCUT2D eigenvalue weighted by Gasteiger charge is -2.12. The van der Waals surface area contributed by atoms with E-state index < -0.39 is 0 Å². The second kappa shape index (κ2) is 10.2. The van der Waals surface area contributed by atoms with Crippen LogP contribution in [-0.4, -0.2) is 35.2 Å². The number of aromatic nitrogens is 2. The molecule has 2 N–H and O–H groups in total. The van der Waals surface area contributed by atoms with Gasteiger partial charge in [-0.05, 0) is 48.6 Å². The van der Waals surface area contributed by atoms with Crippen LogP contribution < -0.4 is 15.4 Å². The predicted molar refractivity (Wildman–Crippen MR) is 125 cm³/mol. The molecule has 0 fully saturated rings. The minimum Gasteiger partial charge on any atom is -0.493 e. The van der Waals surface area contributed by atoms with Gasteiger partial charge in [-0.25, -0.2) is 9.98 Å². The van der Waals surface area contributed by atoms with Gasteiger partial charge in [0, 0.05) is 38.4 Å². The molecule has 3 aromatic rings. The molecule has 0 saturated carbocycles. The monoisotopic (exact) mass is 417 g/mol. The molecule has 6 heteroatoms. The normalized spacial score (nSPS) is 13.0. The van der Waals surface area contributed by atoms with Crippen molar-refractivity contribution in [3.63, 3.8) is 0 Å². The fraction of sp³-hybridized carbons (Fsp3) is 0.360. The number of ether oxygens (including phenoxy) is 1. The lowest BCUT2D eigenvalue weighted by atomic mass is 10.1. The third-order valence-corrected chi connectivity index (χ3v) is 5.49. The van der Waals surface area contributed by atoms with E-state index >= 15 is 0 Å². The summed E-state index contributed by atoms with van der Waals surface area (Å²) in [5.74, 6) is 2.91. The van der Waals surface area contributed by atoms with Crippen LogP contribution in [0, 0.1) is 6.92 Å². The molecular weight excluding hydrogens is 386 g/mol. The summed E-state index contributed by atoms with van der Waals surface area (Å²) >= 11 is 0. The van der Waals surface area contributed by atoms with Crippen LogP contribution >= 0.6 is 0 Å². The molecule has 1 aliphatic heterocycles. The first-order valence-corrected chi connectivity index (χ1v) is 11.0.